The van der Waals surface area contributed by atoms with Gasteiger partial charge in [0.1, 0.15) is 0 Å². The van der Waals surface area contributed by atoms with Gasteiger partial charge >= 0.3 is 0 Å². The van der Waals surface area contributed by atoms with E-state index in [0.717, 1.165) is 17.8 Å². The summed E-state index contributed by atoms with van der Waals surface area (Å²) in [7, 11) is 0. The summed E-state index contributed by atoms with van der Waals surface area (Å²) in [6, 6.07) is 10.2. The first-order chi connectivity index (χ1) is 6.20. The highest BCUT2D eigenvalue weighted by Gasteiger charge is 1.91. The first-order valence-electron chi connectivity index (χ1n) is 4.41. The van der Waals surface area contributed by atoms with Crippen LogP contribution in [0.25, 0.3) is 0 Å². The minimum absolute atomic E-state index is 0.750. The number of aliphatic imine (C=N–C) groups is 1. The van der Waals surface area contributed by atoms with Crippen molar-refractivity contribution in [2.75, 3.05) is 0 Å². The fourth-order valence-electron chi connectivity index (χ4n) is 0.928. The molecular weight excluding hydrogens is 158 g/mol. The molecule has 0 aliphatic heterocycles. The maximum absolute atomic E-state index is 4.41. The highest BCUT2D eigenvalue weighted by atomic mass is 14.7. The van der Waals surface area contributed by atoms with E-state index < -0.39 is 0 Å². The molecule has 0 unspecified atom stereocenters. The molecule has 0 saturated heterocycles. The molecule has 13 heavy (non-hydrogen) atoms. The van der Waals surface area contributed by atoms with Gasteiger partial charge in [0.25, 0.3) is 0 Å². The molecule has 1 heteroatoms. The molecule has 0 atom stereocenters. The average molecular weight is 173 g/mol. The van der Waals surface area contributed by atoms with Gasteiger partial charge in [0.15, 0.2) is 0 Å². The SMILES string of the molecule is C=C(C)C(C)=NCc1ccccc1. The maximum atomic E-state index is 4.41. The smallest absolute Gasteiger partial charge is 0.0643 e. The number of hydrogen-bond acceptors (Lipinski definition) is 1. The number of rotatable bonds is 3. The van der Waals surface area contributed by atoms with Gasteiger partial charge in [0.05, 0.1) is 6.54 Å². The number of benzene rings is 1. The van der Waals surface area contributed by atoms with Crippen molar-refractivity contribution in [3.05, 3.63) is 48.0 Å². The minimum Gasteiger partial charge on any atom is -0.285 e. The zero-order chi connectivity index (χ0) is 9.68. The van der Waals surface area contributed by atoms with Crippen LogP contribution in [0, 0.1) is 0 Å². The Hall–Kier alpha value is -1.37. The monoisotopic (exact) mass is 173 g/mol. The third kappa shape index (κ3) is 3.24. The van der Waals surface area contributed by atoms with Crippen LogP contribution in [0.2, 0.25) is 0 Å². The lowest BCUT2D eigenvalue weighted by Gasteiger charge is -1.99. The Morgan fingerprint density at radius 1 is 1.23 bits per heavy atom. The molecule has 0 spiro atoms. The second kappa shape index (κ2) is 4.61. The van der Waals surface area contributed by atoms with Gasteiger partial charge in [-0.1, -0.05) is 36.9 Å². The van der Waals surface area contributed by atoms with E-state index in [0.29, 0.717) is 0 Å². The van der Waals surface area contributed by atoms with Gasteiger partial charge in [-0.25, -0.2) is 0 Å². The van der Waals surface area contributed by atoms with Crippen LogP contribution in [0.1, 0.15) is 19.4 Å². The molecule has 0 saturated carbocycles. The van der Waals surface area contributed by atoms with E-state index >= 15 is 0 Å². The topological polar surface area (TPSA) is 12.4 Å². The summed E-state index contributed by atoms with van der Waals surface area (Å²) in [6.45, 7) is 8.55. The molecule has 1 rings (SSSR count). The van der Waals surface area contributed by atoms with Crippen molar-refractivity contribution < 1.29 is 0 Å². The predicted molar refractivity (Wildman–Crippen MR) is 58.1 cm³/mol. The summed E-state index contributed by atoms with van der Waals surface area (Å²) in [6.07, 6.45) is 0. The van der Waals surface area contributed by atoms with E-state index in [2.05, 4.69) is 23.7 Å². The summed E-state index contributed by atoms with van der Waals surface area (Å²) in [4.78, 5) is 4.41. The number of allylic oxidation sites excluding steroid dienone is 1. The van der Waals surface area contributed by atoms with E-state index in [1.54, 1.807) is 0 Å². The van der Waals surface area contributed by atoms with Crippen molar-refractivity contribution in [1.29, 1.82) is 0 Å². The molecule has 0 amide bonds. The lowest BCUT2D eigenvalue weighted by molar-refractivity contribution is 1.06. The Morgan fingerprint density at radius 3 is 2.38 bits per heavy atom. The Balaban J connectivity index is 2.62. The largest absolute Gasteiger partial charge is 0.285 e. The third-order valence-corrected chi connectivity index (χ3v) is 1.96. The van der Waals surface area contributed by atoms with Crippen LogP contribution in [0.3, 0.4) is 0 Å². The van der Waals surface area contributed by atoms with Crippen molar-refractivity contribution in [3.63, 3.8) is 0 Å². The van der Waals surface area contributed by atoms with Crippen molar-refractivity contribution in [3.8, 4) is 0 Å². The molecule has 68 valence electrons. The van der Waals surface area contributed by atoms with Gasteiger partial charge in [-0.2, -0.15) is 0 Å². The predicted octanol–water partition coefficient (Wildman–Crippen LogP) is 3.22. The van der Waals surface area contributed by atoms with Crippen LogP contribution in [0.15, 0.2) is 47.5 Å². The van der Waals surface area contributed by atoms with E-state index in [-0.39, 0.29) is 0 Å². The first-order valence-corrected chi connectivity index (χ1v) is 4.41. The molecule has 0 aliphatic rings. The highest BCUT2D eigenvalue weighted by molar-refractivity contribution is 5.96. The molecule has 0 bridgehead atoms. The maximum Gasteiger partial charge on any atom is 0.0643 e. The number of hydrogen-bond donors (Lipinski definition) is 0. The van der Waals surface area contributed by atoms with Crippen molar-refractivity contribution >= 4 is 5.71 Å². The van der Waals surface area contributed by atoms with Gasteiger partial charge in [0, 0.05) is 5.71 Å². The second-order valence-corrected chi connectivity index (χ2v) is 3.17. The minimum atomic E-state index is 0.750. The van der Waals surface area contributed by atoms with Gasteiger partial charge in [-0.3, -0.25) is 4.99 Å². The van der Waals surface area contributed by atoms with Crippen LogP contribution in [0.5, 0.6) is 0 Å². The molecule has 0 N–H and O–H groups in total. The Morgan fingerprint density at radius 2 is 1.85 bits per heavy atom. The standard InChI is InChI=1S/C12H15N/c1-10(2)11(3)13-9-12-7-5-4-6-8-12/h4-8H,1,9H2,2-3H3. The molecule has 0 heterocycles. The fourth-order valence-corrected chi connectivity index (χ4v) is 0.928. The fraction of sp³-hybridized carbons (Fsp3) is 0.250. The zero-order valence-corrected chi connectivity index (χ0v) is 8.25. The molecule has 1 aromatic carbocycles. The molecule has 0 radical (unpaired) electrons. The Kier molecular flexibility index (Phi) is 3.44. The van der Waals surface area contributed by atoms with Gasteiger partial charge in [0.2, 0.25) is 0 Å². The van der Waals surface area contributed by atoms with Crippen LogP contribution in [-0.2, 0) is 6.54 Å². The lowest BCUT2D eigenvalue weighted by atomic mass is 10.2. The van der Waals surface area contributed by atoms with E-state index in [1.165, 1.54) is 5.56 Å². The van der Waals surface area contributed by atoms with Crippen LogP contribution >= 0.6 is 0 Å². The van der Waals surface area contributed by atoms with Crippen LogP contribution in [-0.4, -0.2) is 5.71 Å². The molecule has 0 fully saturated rings. The normalized spacial score (nSPS) is 11.4. The quantitative estimate of drug-likeness (QED) is 0.622. The second-order valence-electron chi connectivity index (χ2n) is 3.17. The van der Waals surface area contributed by atoms with Crippen LogP contribution < -0.4 is 0 Å². The van der Waals surface area contributed by atoms with Crippen LogP contribution in [0.4, 0.5) is 0 Å². The molecule has 0 aliphatic carbocycles. The van der Waals surface area contributed by atoms with Gasteiger partial charge in [-0.15, -0.1) is 0 Å². The average Bonchev–Trinajstić information content (AvgIpc) is 2.15. The van der Waals surface area contributed by atoms with E-state index in [9.17, 15) is 0 Å². The summed E-state index contributed by atoms with van der Waals surface area (Å²) < 4.78 is 0. The van der Waals surface area contributed by atoms with E-state index in [1.807, 2.05) is 32.0 Å². The Bertz CT molecular complexity index is 309. The summed E-state index contributed by atoms with van der Waals surface area (Å²) in [5.41, 5.74) is 3.31. The van der Waals surface area contributed by atoms with Crippen molar-refractivity contribution in [1.82, 2.24) is 0 Å². The summed E-state index contributed by atoms with van der Waals surface area (Å²) in [5, 5.41) is 0. The molecule has 0 aromatic heterocycles. The summed E-state index contributed by atoms with van der Waals surface area (Å²) >= 11 is 0. The molecular formula is C12H15N. The van der Waals surface area contributed by atoms with E-state index in [4.69, 9.17) is 0 Å². The van der Waals surface area contributed by atoms with Gasteiger partial charge in [-0.05, 0) is 25.0 Å². The highest BCUT2D eigenvalue weighted by Crippen LogP contribution is 2.02. The molecule has 1 aromatic rings. The molecule has 1 nitrogen and oxygen atoms in total. The first kappa shape index (κ1) is 9.72. The zero-order valence-electron chi connectivity index (χ0n) is 8.25. The van der Waals surface area contributed by atoms with Crippen molar-refractivity contribution in [2.24, 2.45) is 4.99 Å². The number of nitrogens with zero attached hydrogens (tertiary/aromatic N) is 1. The van der Waals surface area contributed by atoms with Crippen molar-refractivity contribution in [2.45, 2.75) is 20.4 Å². The summed E-state index contributed by atoms with van der Waals surface area (Å²) in [5.74, 6) is 0. The van der Waals surface area contributed by atoms with Gasteiger partial charge < -0.3 is 0 Å². The third-order valence-electron chi connectivity index (χ3n) is 1.96. The lowest BCUT2D eigenvalue weighted by Crippen LogP contribution is -1.92. The Labute approximate surface area is 79.8 Å².